The van der Waals surface area contributed by atoms with E-state index in [1.807, 2.05) is 30.3 Å². The Balaban J connectivity index is 1.38. The molecule has 3 aromatic rings. The Morgan fingerprint density at radius 1 is 1.15 bits per heavy atom. The van der Waals surface area contributed by atoms with Gasteiger partial charge in [-0.25, -0.2) is 9.98 Å². The summed E-state index contributed by atoms with van der Waals surface area (Å²) in [5.74, 6) is -1.39. The second-order valence-electron chi connectivity index (χ2n) is 9.22. The summed E-state index contributed by atoms with van der Waals surface area (Å²) < 4.78 is 50.8. The van der Waals surface area contributed by atoms with Gasteiger partial charge in [0, 0.05) is 18.2 Å². The maximum absolute atomic E-state index is 13.5. The van der Waals surface area contributed by atoms with E-state index in [2.05, 4.69) is 25.9 Å². The summed E-state index contributed by atoms with van der Waals surface area (Å²) in [7, 11) is 1.49. The molecule has 10 nitrogen and oxygen atoms in total. The molecule has 1 fully saturated rings. The molecule has 1 saturated carbocycles. The second-order valence-corrected chi connectivity index (χ2v) is 10.2. The van der Waals surface area contributed by atoms with Crippen LogP contribution in [-0.2, 0) is 20.4 Å². The minimum absolute atomic E-state index is 0.0216. The number of amidine groups is 1. The summed E-state index contributed by atoms with van der Waals surface area (Å²) in [6, 6.07) is 15.4. The van der Waals surface area contributed by atoms with Crippen molar-refractivity contribution < 1.29 is 27.4 Å². The predicted octanol–water partition coefficient (Wildman–Crippen LogP) is 4.43. The number of nitrogens with one attached hydrogen (secondary N) is 5. The number of hydrogen-bond acceptors (Lipinski definition) is 9. The number of benzodiazepines with no additional fused rings is 1. The Hall–Kier alpha value is -4.30. The molecule has 0 bridgehead atoms. The van der Waals surface area contributed by atoms with E-state index >= 15 is 0 Å². The number of amides is 1. The van der Waals surface area contributed by atoms with Crippen molar-refractivity contribution in [2.24, 2.45) is 4.99 Å². The fraction of sp³-hybridized carbons (Fsp3) is 0.269. The van der Waals surface area contributed by atoms with Gasteiger partial charge in [-0.15, -0.1) is 0 Å². The van der Waals surface area contributed by atoms with Crippen LogP contribution in [0.2, 0.25) is 0 Å². The van der Waals surface area contributed by atoms with Crippen LogP contribution in [0.25, 0.3) is 0 Å². The third kappa shape index (κ3) is 5.82. The van der Waals surface area contributed by atoms with Crippen molar-refractivity contribution in [1.29, 1.82) is 10.8 Å². The zero-order valence-corrected chi connectivity index (χ0v) is 21.9. The smallest absolute Gasteiger partial charge is 0.405 e. The number of methoxy groups -OCH3 is 1. The summed E-state index contributed by atoms with van der Waals surface area (Å²) in [6.45, 7) is 0.262. The van der Waals surface area contributed by atoms with E-state index in [0.29, 0.717) is 41.1 Å². The monoisotopic (exact) mass is 571 g/mol. The lowest BCUT2D eigenvalue weighted by atomic mass is 10.0. The predicted molar refractivity (Wildman–Crippen MR) is 144 cm³/mol. The molecule has 5 N–H and O–H groups in total. The van der Waals surface area contributed by atoms with Crippen molar-refractivity contribution >= 4 is 45.6 Å². The van der Waals surface area contributed by atoms with E-state index in [-0.39, 0.29) is 11.6 Å². The summed E-state index contributed by atoms with van der Waals surface area (Å²) in [5, 5.41) is 23.6. The maximum atomic E-state index is 13.5. The second kappa shape index (κ2) is 10.7. The highest BCUT2D eigenvalue weighted by Crippen LogP contribution is 2.44. The van der Waals surface area contributed by atoms with Gasteiger partial charge >= 0.3 is 6.18 Å². The Bertz CT molecular complexity index is 1490. The molecule has 1 aliphatic heterocycles. The number of benzene rings is 2. The van der Waals surface area contributed by atoms with Crippen molar-refractivity contribution in [3.63, 3.8) is 0 Å². The van der Waals surface area contributed by atoms with Gasteiger partial charge in [-0.1, -0.05) is 59.9 Å². The molecule has 2 heterocycles. The SMILES string of the molecule is COCC1(Nc2sc(C(F)(F)F)nc2C(=N)OC(=N)NC2N=C(c3ccccc3)c3ccccc3NC2=O)CC1. The van der Waals surface area contributed by atoms with Gasteiger partial charge in [-0.05, 0) is 18.9 Å². The first-order valence-corrected chi connectivity index (χ1v) is 12.9. The van der Waals surface area contributed by atoms with Crippen LogP contribution in [0.3, 0.4) is 0 Å². The van der Waals surface area contributed by atoms with Crippen molar-refractivity contribution in [3.8, 4) is 0 Å². The van der Waals surface area contributed by atoms with Gasteiger partial charge in [-0.2, -0.15) is 13.2 Å². The summed E-state index contributed by atoms with van der Waals surface area (Å²) in [5.41, 5.74) is 1.42. The molecular weight excluding hydrogens is 547 g/mol. The lowest BCUT2D eigenvalue weighted by Crippen LogP contribution is -2.43. The lowest BCUT2D eigenvalue weighted by Gasteiger charge is -2.18. The number of para-hydroxylation sites is 1. The molecule has 1 aromatic heterocycles. The van der Waals surface area contributed by atoms with Gasteiger partial charge in [0.15, 0.2) is 5.69 Å². The highest BCUT2D eigenvalue weighted by atomic mass is 32.1. The molecule has 1 unspecified atom stereocenters. The summed E-state index contributed by atoms with van der Waals surface area (Å²) in [6.07, 6.45) is -4.73. The Labute approximate surface area is 230 Å². The number of aromatic nitrogens is 1. The molecule has 2 aromatic carbocycles. The molecular formula is C26H24F3N7O3S. The van der Waals surface area contributed by atoms with Gasteiger partial charge in [0.05, 0.1) is 23.5 Å². The first-order valence-electron chi connectivity index (χ1n) is 12.1. The first kappa shape index (κ1) is 27.3. The topological polar surface area (TPSA) is 145 Å². The van der Waals surface area contributed by atoms with E-state index < -0.39 is 46.4 Å². The number of thiazole rings is 1. The molecule has 1 aliphatic carbocycles. The van der Waals surface area contributed by atoms with E-state index in [1.54, 1.807) is 24.3 Å². The van der Waals surface area contributed by atoms with E-state index in [0.717, 1.165) is 5.56 Å². The number of rotatable bonds is 7. The minimum Gasteiger partial charge on any atom is -0.405 e. The Morgan fingerprint density at radius 2 is 1.85 bits per heavy atom. The van der Waals surface area contributed by atoms with Crippen LogP contribution >= 0.6 is 11.3 Å². The minimum atomic E-state index is -4.74. The van der Waals surface area contributed by atoms with E-state index in [9.17, 15) is 18.0 Å². The van der Waals surface area contributed by atoms with Crippen molar-refractivity contribution in [1.82, 2.24) is 10.3 Å². The number of carbonyl (C=O) groups is 1. The molecule has 208 valence electrons. The Kier molecular flexibility index (Phi) is 7.29. The van der Waals surface area contributed by atoms with Gasteiger partial charge in [0.1, 0.15) is 5.00 Å². The van der Waals surface area contributed by atoms with Crippen LogP contribution in [0.15, 0.2) is 59.6 Å². The lowest BCUT2D eigenvalue weighted by molar-refractivity contribution is -0.137. The fourth-order valence-electron chi connectivity index (χ4n) is 4.14. The van der Waals surface area contributed by atoms with Crippen LogP contribution in [0.1, 0.15) is 34.7 Å². The number of anilines is 2. The molecule has 14 heteroatoms. The molecule has 1 amide bonds. The molecule has 5 rings (SSSR count). The quantitative estimate of drug-likeness (QED) is 0.210. The highest BCUT2D eigenvalue weighted by molar-refractivity contribution is 7.16. The molecule has 0 saturated heterocycles. The van der Waals surface area contributed by atoms with Crippen molar-refractivity contribution in [2.75, 3.05) is 24.4 Å². The number of ether oxygens (including phenoxy) is 2. The average Bonchev–Trinajstić information content (AvgIpc) is 3.55. The molecule has 2 aliphatic rings. The molecule has 40 heavy (non-hydrogen) atoms. The van der Waals surface area contributed by atoms with Crippen LogP contribution < -0.4 is 16.0 Å². The molecule has 0 spiro atoms. The largest absolute Gasteiger partial charge is 0.443 e. The summed E-state index contributed by atoms with van der Waals surface area (Å²) >= 11 is 0.344. The number of halogens is 3. The number of nitrogens with zero attached hydrogens (tertiary/aromatic N) is 2. The van der Waals surface area contributed by atoms with Crippen LogP contribution in [0.5, 0.6) is 0 Å². The zero-order chi connectivity index (χ0) is 28.5. The fourth-order valence-corrected chi connectivity index (χ4v) is 5.09. The molecule has 1 atom stereocenters. The standard InChI is InChI=1S/C26H24F3N7O3S/c1-38-13-25(11-12-25)36-22-18(34-23(40-22)26(27,28)29)19(30)39-24(31)35-20-21(37)32-16-10-6-5-9-15(16)17(33-20)14-7-3-2-4-8-14/h2-10,20,30,36H,11-13H2,1H3,(H2,31,35)(H,32,37). The normalized spacial score (nSPS) is 17.6. The van der Waals surface area contributed by atoms with Gasteiger partial charge in [0.2, 0.25) is 17.1 Å². The number of hydrogen-bond donors (Lipinski definition) is 5. The van der Waals surface area contributed by atoms with Crippen LogP contribution in [0, 0.1) is 10.8 Å². The average molecular weight is 572 g/mol. The van der Waals surface area contributed by atoms with Gasteiger partial charge in [-0.3, -0.25) is 15.6 Å². The van der Waals surface area contributed by atoms with Crippen LogP contribution in [-0.4, -0.2) is 53.9 Å². The van der Waals surface area contributed by atoms with E-state index in [4.69, 9.17) is 20.3 Å². The van der Waals surface area contributed by atoms with Crippen LogP contribution in [0.4, 0.5) is 23.9 Å². The first-order chi connectivity index (χ1) is 19.1. The van der Waals surface area contributed by atoms with Gasteiger partial charge < -0.3 is 25.4 Å². The number of fused-ring (bicyclic) bond motifs is 1. The summed E-state index contributed by atoms with van der Waals surface area (Å²) in [4.78, 5) is 21.1. The zero-order valence-electron chi connectivity index (χ0n) is 21.1. The van der Waals surface area contributed by atoms with Crippen molar-refractivity contribution in [2.45, 2.75) is 30.7 Å². The molecule has 0 radical (unpaired) electrons. The third-order valence-electron chi connectivity index (χ3n) is 6.20. The third-order valence-corrected chi connectivity index (χ3v) is 7.22. The Morgan fingerprint density at radius 3 is 2.52 bits per heavy atom. The number of carbonyl (C=O) groups excluding carboxylic acids is 1. The van der Waals surface area contributed by atoms with Gasteiger partial charge in [0.25, 0.3) is 11.9 Å². The van der Waals surface area contributed by atoms with Crippen molar-refractivity contribution in [3.05, 3.63) is 76.4 Å². The van der Waals surface area contributed by atoms with E-state index in [1.165, 1.54) is 7.11 Å². The highest BCUT2D eigenvalue weighted by Gasteiger charge is 2.45. The number of alkyl halides is 3. The maximum Gasteiger partial charge on any atom is 0.443 e. The number of aliphatic imine (C=N–C) groups is 1.